The van der Waals surface area contributed by atoms with Crippen LogP contribution in [0.15, 0.2) is 67.3 Å². The largest absolute Gasteiger partial charge is 0.489 e. The molecule has 9 nitrogen and oxygen atoms in total. The number of anilines is 1. The van der Waals surface area contributed by atoms with Gasteiger partial charge in [0.25, 0.3) is 5.88 Å². The molecule has 0 atom stereocenters. The van der Waals surface area contributed by atoms with Gasteiger partial charge >= 0.3 is 0 Å². The molecule has 3 aromatic heterocycles. The number of nitrogens with zero attached hydrogens (tertiary/aromatic N) is 6. The van der Waals surface area contributed by atoms with Crippen LogP contribution < -0.4 is 14.4 Å². The molecule has 0 bridgehead atoms. The van der Waals surface area contributed by atoms with Crippen molar-refractivity contribution in [1.82, 2.24) is 24.7 Å². The minimum absolute atomic E-state index is 0.295. The van der Waals surface area contributed by atoms with Crippen molar-refractivity contribution < 1.29 is 14.2 Å². The van der Waals surface area contributed by atoms with Gasteiger partial charge < -0.3 is 19.1 Å². The number of pyridine rings is 1. The minimum Gasteiger partial charge on any atom is -0.489 e. The zero-order valence-corrected chi connectivity index (χ0v) is 17.6. The molecule has 0 radical (unpaired) electrons. The van der Waals surface area contributed by atoms with E-state index >= 15 is 0 Å². The van der Waals surface area contributed by atoms with E-state index in [0.29, 0.717) is 55.4 Å². The molecule has 5 rings (SSSR count). The highest BCUT2D eigenvalue weighted by Gasteiger charge is 2.24. The van der Waals surface area contributed by atoms with Crippen LogP contribution >= 0.6 is 0 Å². The molecule has 1 saturated heterocycles. The maximum atomic E-state index is 6.05. The predicted molar refractivity (Wildman–Crippen MR) is 118 cm³/mol. The zero-order chi connectivity index (χ0) is 21.8. The molecule has 0 N–H and O–H groups in total. The van der Waals surface area contributed by atoms with Crippen molar-refractivity contribution in [3.63, 3.8) is 0 Å². The summed E-state index contributed by atoms with van der Waals surface area (Å²) in [7, 11) is 1.56. The van der Waals surface area contributed by atoms with Crippen LogP contribution in [-0.4, -0.2) is 58.1 Å². The van der Waals surface area contributed by atoms with Crippen LogP contribution in [0.5, 0.6) is 17.4 Å². The van der Waals surface area contributed by atoms with Gasteiger partial charge in [-0.15, -0.1) is 0 Å². The lowest BCUT2D eigenvalue weighted by Crippen LogP contribution is -2.37. The number of morpholine rings is 1. The number of rotatable bonds is 6. The van der Waals surface area contributed by atoms with Crippen LogP contribution in [0.4, 0.5) is 5.95 Å². The molecule has 0 aliphatic carbocycles. The van der Waals surface area contributed by atoms with Crippen LogP contribution in [0.25, 0.3) is 16.9 Å². The smallest absolute Gasteiger partial charge is 0.270 e. The molecule has 9 heteroatoms. The summed E-state index contributed by atoms with van der Waals surface area (Å²) >= 11 is 0. The van der Waals surface area contributed by atoms with Crippen molar-refractivity contribution in [2.24, 2.45) is 0 Å². The molecular formula is C23H22N6O3. The minimum atomic E-state index is 0.295. The molecule has 162 valence electrons. The normalized spacial score (nSPS) is 13.7. The van der Waals surface area contributed by atoms with Crippen LogP contribution in [0.2, 0.25) is 0 Å². The fourth-order valence-electron chi connectivity index (χ4n) is 3.45. The molecule has 0 unspecified atom stereocenters. The van der Waals surface area contributed by atoms with Crippen molar-refractivity contribution in [1.29, 1.82) is 0 Å². The standard InChI is InChI=1S/C23H22N6O3/c1-30-20-21(29-16-18(14-25-29)17-6-3-2-4-7-17)26-23(28-10-12-31-13-11-28)27-22(20)32-19-8-5-9-24-15-19/h2-9,14-16H,10-13H2,1H3. The van der Waals surface area contributed by atoms with Gasteiger partial charge in [0.15, 0.2) is 0 Å². The van der Waals surface area contributed by atoms with E-state index in [-0.39, 0.29) is 0 Å². The number of hydrogen-bond donors (Lipinski definition) is 0. The Morgan fingerprint density at radius 2 is 1.78 bits per heavy atom. The Labute approximate surface area is 185 Å². The third-order valence-electron chi connectivity index (χ3n) is 5.06. The van der Waals surface area contributed by atoms with Crippen LogP contribution in [0.3, 0.4) is 0 Å². The molecule has 4 heterocycles. The van der Waals surface area contributed by atoms with E-state index in [2.05, 4.69) is 20.0 Å². The van der Waals surface area contributed by atoms with Crippen LogP contribution in [-0.2, 0) is 4.74 Å². The Balaban J connectivity index is 1.60. The van der Waals surface area contributed by atoms with Crippen molar-refractivity contribution in [3.05, 3.63) is 67.3 Å². The van der Waals surface area contributed by atoms with Gasteiger partial charge in [-0.2, -0.15) is 15.1 Å². The van der Waals surface area contributed by atoms with Crippen molar-refractivity contribution in [3.8, 4) is 34.3 Å². The molecule has 1 aliphatic heterocycles. The monoisotopic (exact) mass is 430 g/mol. The van der Waals surface area contributed by atoms with Crippen molar-refractivity contribution in [2.75, 3.05) is 38.3 Å². The van der Waals surface area contributed by atoms with E-state index < -0.39 is 0 Å². The Kier molecular flexibility index (Phi) is 5.63. The highest BCUT2D eigenvalue weighted by atomic mass is 16.5. The number of hydrogen-bond acceptors (Lipinski definition) is 8. The first kappa shape index (κ1) is 20.0. The third-order valence-corrected chi connectivity index (χ3v) is 5.06. The quantitative estimate of drug-likeness (QED) is 0.460. The predicted octanol–water partition coefficient (Wildman–Crippen LogP) is 3.36. The van der Waals surface area contributed by atoms with E-state index in [1.807, 2.05) is 42.6 Å². The van der Waals surface area contributed by atoms with Crippen LogP contribution in [0.1, 0.15) is 0 Å². The van der Waals surface area contributed by atoms with E-state index in [0.717, 1.165) is 11.1 Å². The summed E-state index contributed by atoms with van der Waals surface area (Å²) in [6.45, 7) is 2.60. The molecule has 0 saturated carbocycles. The number of aromatic nitrogens is 5. The van der Waals surface area contributed by atoms with Crippen molar-refractivity contribution >= 4 is 5.95 Å². The van der Waals surface area contributed by atoms with Gasteiger partial charge in [-0.05, 0) is 17.7 Å². The Bertz CT molecular complexity index is 1180. The molecule has 1 aromatic carbocycles. The summed E-state index contributed by atoms with van der Waals surface area (Å²) in [6.07, 6.45) is 7.02. The van der Waals surface area contributed by atoms with Gasteiger partial charge in [0, 0.05) is 31.0 Å². The second kappa shape index (κ2) is 9.03. The molecule has 4 aromatic rings. The fraction of sp³-hybridized carbons (Fsp3) is 0.217. The van der Waals surface area contributed by atoms with Crippen molar-refractivity contribution in [2.45, 2.75) is 0 Å². The van der Waals surface area contributed by atoms with Crippen LogP contribution in [0, 0.1) is 0 Å². The summed E-state index contributed by atoms with van der Waals surface area (Å²) in [5.41, 5.74) is 2.03. The highest BCUT2D eigenvalue weighted by Crippen LogP contribution is 2.36. The lowest BCUT2D eigenvalue weighted by molar-refractivity contribution is 0.122. The van der Waals surface area contributed by atoms with Gasteiger partial charge in [-0.25, -0.2) is 4.68 Å². The lowest BCUT2D eigenvalue weighted by atomic mass is 10.1. The Morgan fingerprint density at radius 3 is 2.53 bits per heavy atom. The van der Waals surface area contributed by atoms with Gasteiger partial charge in [0.05, 0.1) is 32.7 Å². The summed E-state index contributed by atoms with van der Waals surface area (Å²) in [5, 5.41) is 4.54. The molecule has 0 spiro atoms. The SMILES string of the molecule is COc1c(Oc2cccnc2)nc(N2CCOCC2)nc1-n1cc(-c2ccccc2)cn1. The van der Waals surface area contributed by atoms with E-state index in [1.54, 1.807) is 36.4 Å². The summed E-state index contributed by atoms with van der Waals surface area (Å²) in [4.78, 5) is 15.6. The molecule has 0 amide bonds. The molecule has 32 heavy (non-hydrogen) atoms. The fourth-order valence-corrected chi connectivity index (χ4v) is 3.45. The summed E-state index contributed by atoms with van der Waals surface area (Å²) in [5.74, 6) is 2.25. The average Bonchev–Trinajstić information content (AvgIpc) is 3.36. The van der Waals surface area contributed by atoms with E-state index in [9.17, 15) is 0 Å². The zero-order valence-electron chi connectivity index (χ0n) is 17.6. The molecule has 1 fully saturated rings. The second-order valence-corrected chi connectivity index (χ2v) is 7.12. The maximum Gasteiger partial charge on any atom is 0.270 e. The van der Waals surface area contributed by atoms with E-state index in [1.165, 1.54) is 0 Å². The number of methoxy groups -OCH3 is 1. The first-order valence-electron chi connectivity index (χ1n) is 10.3. The number of benzene rings is 1. The van der Waals surface area contributed by atoms with E-state index in [4.69, 9.17) is 19.2 Å². The van der Waals surface area contributed by atoms with Gasteiger partial charge in [0.1, 0.15) is 5.75 Å². The topological polar surface area (TPSA) is 87.4 Å². The Hall–Kier alpha value is -3.98. The third kappa shape index (κ3) is 4.10. The number of ether oxygens (including phenoxy) is 3. The summed E-state index contributed by atoms with van der Waals surface area (Å²) < 4.78 is 18.9. The average molecular weight is 430 g/mol. The van der Waals surface area contributed by atoms with Gasteiger partial charge in [0.2, 0.25) is 17.5 Å². The first-order valence-corrected chi connectivity index (χ1v) is 10.3. The van der Waals surface area contributed by atoms with Gasteiger partial charge in [-0.1, -0.05) is 30.3 Å². The first-order chi connectivity index (χ1) is 15.8. The maximum absolute atomic E-state index is 6.05. The van der Waals surface area contributed by atoms with Gasteiger partial charge in [-0.3, -0.25) is 4.98 Å². The molecule has 1 aliphatic rings. The second-order valence-electron chi connectivity index (χ2n) is 7.12. The lowest BCUT2D eigenvalue weighted by Gasteiger charge is -2.27. The molecular weight excluding hydrogens is 408 g/mol. The summed E-state index contributed by atoms with van der Waals surface area (Å²) in [6, 6.07) is 13.7. The Morgan fingerprint density at radius 1 is 0.938 bits per heavy atom. The highest BCUT2D eigenvalue weighted by molar-refractivity contribution is 5.63.